The third kappa shape index (κ3) is 7.60. The molecule has 0 aromatic carbocycles. The molecule has 0 unspecified atom stereocenters. The Kier molecular flexibility index (Phi) is 7.48. The van der Waals surface area contributed by atoms with Crippen molar-refractivity contribution in [1.29, 1.82) is 0 Å². The smallest absolute Gasteiger partial charge is 0.253 e. The summed E-state index contributed by atoms with van der Waals surface area (Å²) < 4.78 is 5.80. The Morgan fingerprint density at radius 3 is 2.32 bits per heavy atom. The molecule has 1 aliphatic heterocycles. The first-order valence-corrected chi connectivity index (χ1v) is 8.48. The number of imide groups is 1. The fourth-order valence-corrected chi connectivity index (χ4v) is 2.43. The average Bonchev–Trinajstić information content (AvgIpc) is 2.81. The predicted molar refractivity (Wildman–Crippen MR) is 92.6 cm³/mol. The van der Waals surface area contributed by atoms with Crippen LogP contribution in [0.3, 0.4) is 0 Å². The Morgan fingerprint density at radius 2 is 1.76 bits per heavy atom. The minimum Gasteiger partial charge on any atom is -0.375 e. The van der Waals surface area contributed by atoms with E-state index in [0.717, 1.165) is 11.2 Å². The fraction of sp³-hybridized carbons (Fsp3) is 0.667. The van der Waals surface area contributed by atoms with Crippen LogP contribution in [0.1, 0.15) is 53.4 Å². The summed E-state index contributed by atoms with van der Waals surface area (Å²) in [5, 5.41) is 2.89. The monoisotopic (exact) mass is 352 g/mol. The lowest BCUT2D eigenvalue weighted by Crippen LogP contribution is -2.46. The summed E-state index contributed by atoms with van der Waals surface area (Å²) in [7, 11) is 0. The van der Waals surface area contributed by atoms with Crippen molar-refractivity contribution < 1.29 is 23.9 Å². The van der Waals surface area contributed by atoms with Gasteiger partial charge in [-0.2, -0.15) is 0 Å². The van der Waals surface area contributed by atoms with Crippen LogP contribution in [-0.2, 0) is 23.9 Å². The van der Waals surface area contributed by atoms with Gasteiger partial charge < -0.3 is 14.8 Å². The van der Waals surface area contributed by atoms with Crippen LogP contribution < -0.4 is 5.32 Å². The van der Waals surface area contributed by atoms with Gasteiger partial charge in [0.2, 0.25) is 5.91 Å². The van der Waals surface area contributed by atoms with E-state index in [4.69, 9.17) is 4.74 Å². The zero-order valence-corrected chi connectivity index (χ0v) is 15.5. The highest BCUT2D eigenvalue weighted by atomic mass is 16.5. The van der Waals surface area contributed by atoms with Crippen LogP contribution >= 0.6 is 0 Å². The molecule has 1 N–H and O–H groups in total. The van der Waals surface area contributed by atoms with Gasteiger partial charge in [-0.1, -0.05) is 0 Å². The number of nitrogens with zero attached hydrogens (tertiary/aromatic N) is 1. The normalized spacial score (nSPS) is 15.0. The molecule has 0 atom stereocenters. The molecule has 1 heterocycles. The number of carbonyl (C=O) groups excluding carboxylic acids is 4. The van der Waals surface area contributed by atoms with Gasteiger partial charge in [0.1, 0.15) is 6.29 Å². The van der Waals surface area contributed by atoms with E-state index in [1.807, 2.05) is 27.7 Å². The lowest BCUT2D eigenvalue weighted by Gasteiger charge is -2.30. The first kappa shape index (κ1) is 21.0. The van der Waals surface area contributed by atoms with Gasteiger partial charge >= 0.3 is 0 Å². The fourth-order valence-electron chi connectivity index (χ4n) is 2.43. The van der Waals surface area contributed by atoms with Crippen molar-refractivity contribution in [2.45, 2.75) is 64.5 Å². The molecule has 0 aromatic heterocycles. The molecule has 140 valence electrons. The van der Waals surface area contributed by atoms with Crippen LogP contribution in [0.5, 0.6) is 0 Å². The maximum atomic E-state index is 12.1. The first-order chi connectivity index (χ1) is 11.6. The van der Waals surface area contributed by atoms with Crippen LogP contribution in [0.25, 0.3) is 0 Å². The van der Waals surface area contributed by atoms with E-state index in [-0.39, 0.29) is 36.3 Å². The molecule has 1 aliphatic rings. The molecule has 3 amide bonds. The van der Waals surface area contributed by atoms with Crippen molar-refractivity contribution in [3.63, 3.8) is 0 Å². The molecule has 0 saturated heterocycles. The third-order valence-corrected chi connectivity index (χ3v) is 4.02. The lowest BCUT2D eigenvalue weighted by atomic mass is 9.99. The zero-order valence-electron chi connectivity index (χ0n) is 15.5. The quantitative estimate of drug-likeness (QED) is 0.448. The number of carbonyl (C=O) groups is 4. The van der Waals surface area contributed by atoms with Crippen LogP contribution in [0.4, 0.5) is 0 Å². The summed E-state index contributed by atoms with van der Waals surface area (Å²) in [6, 6.07) is 0. The molecule has 0 spiro atoms. The van der Waals surface area contributed by atoms with Crippen LogP contribution in [0.2, 0.25) is 0 Å². The molecule has 0 radical (unpaired) electrons. The number of nitrogens with one attached hydrogen (secondary N) is 1. The topological polar surface area (TPSA) is 92.8 Å². The summed E-state index contributed by atoms with van der Waals surface area (Å²) in [5.41, 5.74) is -0.862. The number of hydrogen-bond acceptors (Lipinski definition) is 5. The summed E-state index contributed by atoms with van der Waals surface area (Å²) in [4.78, 5) is 46.4. The Labute approximate surface area is 148 Å². The minimum atomic E-state index is -0.477. The maximum absolute atomic E-state index is 12.1. The van der Waals surface area contributed by atoms with E-state index in [9.17, 15) is 19.2 Å². The summed E-state index contributed by atoms with van der Waals surface area (Å²) >= 11 is 0. The number of hydrogen-bond donors (Lipinski definition) is 1. The second-order valence-corrected chi connectivity index (χ2v) is 7.41. The molecular weight excluding hydrogens is 324 g/mol. The van der Waals surface area contributed by atoms with E-state index in [0.29, 0.717) is 25.9 Å². The largest absolute Gasteiger partial charge is 0.375 e. The van der Waals surface area contributed by atoms with Gasteiger partial charge in [0.25, 0.3) is 11.8 Å². The Balaban J connectivity index is 2.33. The van der Waals surface area contributed by atoms with Crippen molar-refractivity contribution in [2.24, 2.45) is 0 Å². The van der Waals surface area contributed by atoms with Crippen LogP contribution in [-0.4, -0.2) is 53.2 Å². The van der Waals surface area contributed by atoms with E-state index in [1.165, 1.54) is 12.2 Å². The summed E-state index contributed by atoms with van der Waals surface area (Å²) in [6.45, 7) is 8.16. The van der Waals surface area contributed by atoms with Crippen molar-refractivity contribution in [2.75, 3.05) is 13.2 Å². The summed E-state index contributed by atoms with van der Waals surface area (Å²) in [5.74, 6) is -0.997. The van der Waals surface area contributed by atoms with E-state index in [2.05, 4.69) is 5.32 Å². The average molecular weight is 352 g/mol. The Hall–Kier alpha value is -2.02. The van der Waals surface area contributed by atoms with Crippen molar-refractivity contribution in [1.82, 2.24) is 10.2 Å². The minimum absolute atomic E-state index is 0.0638. The Morgan fingerprint density at radius 1 is 1.16 bits per heavy atom. The van der Waals surface area contributed by atoms with Crippen LogP contribution in [0, 0.1) is 0 Å². The first-order valence-electron chi connectivity index (χ1n) is 8.48. The van der Waals surface area contributed by atoms with Gasteiger partial charge in [0, 0.05) is 43.7 Å². The van der Waals surface area contributed by atoms with Crippen molar-refractivity contribution >= 4 is 24.0 Å². The summed E-state index contributed by atoms with van der Waals surface area (Å²) in [6.07, 6.45) is 5.05. The van der Waals surface area contributed by atoms with Gasteiger partial charge in [0.05, 0.1) is 5.60 Å². The number of rotatable bonds is 11. The maximum Gasteiger partial charge on any atom is 0.253 e. The highest BCUT2D eigenvalue weighted by Crippen LogP contribution is 2.18. The second-order valence-electron chi connectivity index (χ2n) is 7.41. The van der Waals surface area contributed by atoms with Gasteiger partial charge in [-0.25, -0.2) is 0 Å². The van der Waals surface area contributed by atoms with Crippen molar-refractivity contribution in [3.05, 3.63) is 12.2 Å². The molecule has 0 fully saturated rings. The predicted octanol–water partition coefficient (Wildman–Crippen LogP) is 1.36. The second kappa shape index (κ2) is 8.89. The van der Waals surface area contributed by atoms with E-state index >= 15 is 0 Å². The highest BCUT2D eigenvalue weighted by molar-refractivity contribution is 6.13. The number of ether oxygens (including phenoxy) is 1. The Bertz CT molecular complexity index is 534. The molecule has 0 aliphatic carbocycles. The van der Waals surface area contributed by atoms with Gasteiger partial charge in [-0.15, -0.1) is 0 Å². The van der Waals surface area contributed by atoms with Crippen LogP contribution in [0.15, 0.2) is 12.2 Å². The lowest BCUT2D eigenvalue weighted by molar-refractivity contribution is -0.137. The van der Waals surface area contributed by atoms with E-state index < -0.39 is 5.54 Å². The van der Waals surface area contributed by atoms with Gasteiger partial charge in [-0.3, -0.25) is 19.3 Å². The molecule has 7 nitrogen and oxygen atoms in total. The molecule has 0 aromatic rings. The molecule has 1 rings (SSSR count). The number of amides is 3. The van der Waals surface area contributed by atoms with Crippen molar-refractivity contribution in [3.8, 4) is 0 Å². The van der Waals surface area contributed by atoms with Gasteiger partial charge in [-0.05, 0) is 40.5 Å². The third-order valence-electron chi connectivity index (χ3n) is 4.02. The molecular formula is C18H28N2O5. The van der Waals surface area contributed by atoms with E-state index in [1.54, 1.807) is 0 Å². The number of aldehydes is 1. The molecule has 0 bridgehead atoms. The SMILES string of the molecule is CC(C)(CCOC(C)(C)CCC=O)NC(=O)CCN1C(=O)C=CC1=O. The molecule has 7 heteroatoms. The molecule has 25 heavy (non-hydrogen) atoms. The van der Waals surface area contributed by atoms with Gasteiger partial charge in [0.15, 0.2) is 0 Å². The molecule has 0 saturated carbocycles. The zero-order chi connectivity index (χ0) is 19.1. The highest BCUT2D eigenvalue weighted by Gasteiger charge is 2.26. The standard InChI is InChI=1S/C18H28N2O5/c1-17(2,10-13-25-18(3,4)9-5-12-21)19-14(22)8-11-20-15(23)6-7-16(20)24/h6-7,12H,5,8-11,13H2,1-4H3,(H,19,22).